The zero-order chi connectivity index (χ0) is 18.1. The summed E-state index contributed by atoms with van der Waals surface area (Å²) in [6.45, 7) is 10.4. The molecule has 1 saturated heterocycles. The second kappa shape index (κ2) is 10.0. The second-order valence-corrected chi connectivity index (χ2v) is 8.57. The standard InChI is InChI=1S/C19H32N2O3S/c1-19(2,3)24-18(22)20-9-5-8-12-23-16-13-17(25-15-16)14-21-10-6-4-7-11-21/h13,15H,4-12,14H2,1-3H3,(H,20,22). The third-order valence-corrected chi connectivity index (χ3v) is 4.87. The van der Waals surface area contributed by atoms with Crippen LogP contribution in [0.1, 0.15) is 57.8 Å². The molecule has 5 nitrogen and oxygen atoms in total. The van der Waals surface area contributed by atoms with Gasteiger partial charge in [0.15, 0.2) is 0 Å². The van der Waals surface area contributed by atoms with Crippen LogP contribution in [0.15, 0.2) is 11.4 Å². The van der Waals surface area contributed by atoms with Crippen molar-refractivity contribution in [2.45, 2.75) is 65.0 Å². The lowest BCUT2D eigenvalue weighted by molar-refractivity contribution is 0.0526. The van der Waals surface area contributed by atoms with Crippen LogP contribution in [0.3, 0.4) is 0 Å². The number of carbonyl (C=O) groups excluding carboxylic acids is 1. The highest BCUT2D eigenvalue weighted by Crippen LogP contribution is 2.24. The van der Waals surface area contributed by atoms with Gasteiger partial charge in [0.25, 0.3) is 0 Å². The molecule has 0 saturated carbocycles. The molecule has 1 aromatic heterocycles. The van der Waals surface area contributed by atoms with E-state index in [1.54, 1.807) is 11.3 Å². The maximum absolute atomic E-state index is 11.5. The number of unbranched alkanes of at least 4 members (excludes halogenated alkanes) is 1. The van der Waals surface area contributed by atoms with Crippen LogP contribution in [-0.4, -0.2) is 42.8 Å². The van der Waals surface area contributed by atoms with Gasteiger partial charge in [0, 0.05) is 23.3 Å². The lowest BCUT2D eigenvalue weighted by Crippen LogP contribution is -2.33. The number of alkyl carbamates (subject to hydrolysis) is 1. The molecule has 0 aliphatic carbocycles. The molecule has 0 bridgehead atoms. The Kier molecular flexibility index (Phi) is 8.03. The summed E-state index contributed by atoms with van der Waals surface area (Å²) in [4.78, 5) is 15.4. The highest BCUT2D eigenvalue weighted by molar-refractivity contribution is 7.10. The van der Waals surface area contributed by atoms with E-state index in [-0.39, 0.29) is 6.09 Å². The summed E-state index contributed by atoms with van der Waals surface area (Å²) in [5.74, 6) is 0.970. The van der Waals surface area contributed by atoms with E-state index in [1.165, 1.54) is 37.2 Å². The van der Waals surface area contributed by atoms with Gasteiger partial charge in [-0.1, -0.05) is 6.42 Å². The van der Waals surface area contributed by atoms with Crippen molar-refractivity contribution >= 4 is 17.4 Å². The van der Waals surface area contributed by atoms with Gasteiger partial charge in [0.2, 0.25) is 0 Å². The molecule has 6 heteroatoms. The fourth-order valence-electron chi connectivity index (χ4n) is 2.78. The first-order chi connectivity index (χ1) is 11.9. The van der Waals surface area contributed by atoms with Crippen LogP contribution >= 0.6 is 11.3 Å². The number of amides is 1. The van der Waals surface area contributed by atoms with Gasteiger partial charge in [-0.2, -0.15) is 0 Å². The summed E-state index contributed by atoms with van der Waals surface area (Å²) in [7, 11) is 0. The quantitative estimate of drug-likeness (QED) is 0.690. The van der Waals surface area contributed by atoms with Gasteiger partial charge in [0.05, 0.1) is 6.61 Å². The number of carbonyl (C=O) groups is 1. The van der Waals surface area contributed by atoms with E-state index in [4.69, 9.17) is 9.47 Å². The molecule has 0 radical (unpaired) electrons. The first-order valence-corrected chi connectivity index (χ1v) is 10.2. The molecular formula is C19H32N2O3S. The minimum Gasteiger partial charge on any atom is -0.493 e. The molecule has 1 aliphatic rings. The molecule has 1 aliphatic heterocycles. The molecule has 0 unspecified atom stereocenters. The summed E-state index contributed by atoms with van der Waals surface area (Å²) in [5, 5.41) is 4.86. The van der Waals surface area contributed by atoms with E-state index < -0.39 is 5.60 Å². The van der Waals surface area contributed by atoms with Gasteiger partial charge in [-0.3, -0.25) is 4.90 Å². The largest absolute Gasteiger partial charge is 0.493 e. The van der Waals surface area contributed by atoms with E-state index in [0.717, 1.165) is 25.1 Å². The number of nitrogens with one attached hydrogen (secondary N) is 1. The lowest BCUT2D eigenvalue weighted by Gasteiger charge is -2.25. The van der Waals surface area contributed by atoms with Gasteiger partial charge < -0.3 is 14.8 Å². The summed E-state index contributed by atoms with van der Waals surface area (Å²) < 4.78 is 11.0. The Labute approximate surface area is 155 Å². The Bertz CT molecular complexity index is 519. The molecule has 0 aromatic carbocycles. The summed E-state index contributed by atoms with van der Waals surface area (Å²) >= 11 is 1.78. The Balaban J connectivity index is 1.54. The van der Waals surface area contributed by atoms with Crippen LogP contribution in [0, 0.1) is 0 Å². The maximum atomic E-state index is 11.5. The van der Waals surface area contributed by atoms with E-state index >= 15 is 0 Å². The third kappa shape index (κ3) is 8.59. The minimum atomic E-state index is -0.446. The predicted octanol–water partition coefficient (Wildman–Crippen LogP) is 4.42. The van der Waals surface area contributed by atoms with Crippen LogP contribution < -0.4 is 10.1 Å². The number of hydrogen-bond acceptors (Lipinski definition) is 5. The average molecular weight is 369 g/mol. The molecule has 0 spiro atoms. The van der Waals surface area contributed by atoms with Crippen molar-refractivity contribution in [1.29, 1.82) is 0 Å². The van der Waals surface area contributed by atoms with Gasteiger partial charge in [0.1, 0.15) is 11.4 Å². The predicted molar refractivity (Wildman–Crippen MR) is 102 cm³/mol. The maximum Gasteiger partial charge on any atom is 0.407 e. The third-order valence-electron chi connectivity index (χ3n) is 3.97. The van der Waals surface area contributed by atoms with Gasteiger partial charge >= 0.3 is 6.09 Å². The highest BCUT2D eigenvalue weighted by atomic mass is 32.1. The number of nitrogens with zero attached hydrogens (tertiary/aromatic N) is 1. The van der Waals surface area contributed by atoms with Gasteiger partial charge in [-0.25, -0.2) is 4.79 Å². The number of thiophene rings is 1. The highest BCUT2D eigenvalue weighted by Gasteiger charge is 2.15. The van der Waals surface area contributed by atoms with Crippen molar-refractivity contribution in [3.63, 3.8) is 0 Å². The zero-order valence-corrected chi connectivity index (χ0v) is 16.6. The molecule has 1 fully saturated rings. The van der Waals surface area contributed by atoms with Crippen molar-refractivity contribution in [3.8, 4) is 5.75 Å². The minimum absolute atomic E-state index is 0.353. The van der Waals surface area contributed by atoms with Crippen LogP contribution in [0.4, 0.5) is 4.79 Å². The number of piperidine rings is 1. The monoisotopic (exact) mass is 368 g/mol. The first kappa shape index (κ1) is 20.0. The number of ether oxygens (including phenoxy) is 2. The molecule has 142 valence electrons. The van der Waals surface area contributed by atoms with E-state index in [9.17, 15) is 4.79 Å². The normalized spacial score (nSPS) is 15.8. The van der Waals surface area contributed by atoms with Crippen LogP contribution in [0.5, 0.6) is 5.75 Å². The molecule has 1 amide bonds. The molecule has 1 aromatic rings. The fourth-order valence-corrected chi connectivity index (χ4v) is 3.62. The smallest absolute Gasteiger partial charge is 0.407 e. The van der Waals surface area contributed by atoms with Gasteiger partial charge in [-0.15, -0.1) is 11.3 Å². The second-order valence-electron chi connectivity index (χ2n) is 7.57. The number of rotatable bonds is 8. The van der Waals surface area contributed by atoms with Gasteiger partial charge in [-0.05, 0) is 65.6 Å². The SMILES string of the molecule is CC(C)(C)OC(=O)NCCCCOc1csc(CN2CCCCC2)c1. The summed E-state index contributed by atoms with van der Waals surface area (Å²) in [6.07, 6.45) is 5.46. The summed E-state index contributed by atoms with van der Waals surface area (Å²) in [5.41, 5.74) is -0.446. The lowest BCUT2D eigenvalue weighted by atomic mass is 10.1. The van der Waals surface area contributed by atoms with E-state index in [1.807, 2.05) is 20.8 Å². The Morgan fingerprint density at radius 1 is 1.24 bits per heavy atom. The van der Waals surface area contributed by atoms with Crippen molar-refractivity contribution < 1.29 is 14.3 Å². The van der Waals surface area contributed by atoms with Crippen LogP contribution in [0.25, 0.3) is 0 Å². The Hall–Kier alpha value is -1.27. The van der Waals surface area contributed by atoms with Crippen molar-refractivity contribution in [2.24, 2.45) is 0 Å². The summed E-state index contributed by atoms with van der Waals surface area (Å²) in [6, 6.07) is 2.16. The topological polar surface area (TPSA) is 50.8 Å². The number of likely N-dealkylation sites (tertiary alicyclic amines) is 1. The number of hydrogen-bond donors (Lipinski definition) is 1. The van der Waals surface area contributed by atoms with E-state index in [0.29, 0.717) is 13.2 Å². The fraction of sp³-hybridized carbons (Fsp3) is 0.737. The van der Waals surface area contributed by atoms with Crippen LogP contribution in [-0.2, 0) is 11.3 Å². The molecule has 2 heterocycles. The Morgan fingerprint density at radius 3 is 2.72 bits per heavy atom. The van der Waals surface area contributed by atoms with E-state index in [2.05, 4.69) is 21.7 Å². The molecule has 0 atom stereocenters. The average Bonchev–Trinajstić information content (AvgIpc) is 2.97. The first-order valence-electron chi connectivity index (χ1n) is 9.32. The van der Waals surface area contributed by atoms with Crippen molar-refractivity contribution in [2.75, 3.05) is 26.2 Å². The Morgan fingerprint density at radius 2 is 2.00 bits per heavy atom. The molecule has 25 heavy (non-hydrogen) atoms. The van der Waals surface area contributed by atoms with Crippen LogP contribution in [0.2, 0.25) is 0 Å². The molecule has 1 N–H and O–H groups in total. The zero-order valence-electron chi connectivity index (χ0n) is 15.8. The van der Waals surface area contributed by atoms with Crippen molar-refractivity contribution in [3.05, 3.63) is 16.3 Å². The molecule has 2 rings (SSSR count). The van der Waals surface area contributed by atoms with Crippen molar-refractivity contribution in [1.82, 2.24) is 10.2 Å². The molecular weight excluding hydrogens is 336 g/mol.